The van der Waals surface area contributed by atoms with E-state index < -0.39 is 0 Å². The molecule has 0 aliphatic carbocycles. The van der Waals surface area contributed by atoms with Crippen molar-refractivity contribution in [2.24, 2.45) is 5.92 Å². The zero-order valence-corrected chi connectivity index (χ0v) is 17.5. The van der Waals surface area contributed by atoms with E-state index in [1.54, 1.807) is 16.8 Å². The number of ether oxygens (including phenoxy) is 1. The minimum absolute atomic E-state index is 0.0339. The third-order valence-corrected chi connectivity index (χ3v) is 5.16. The van der Waals surface area contributed by atoms with Crippen LogP contribution >= 0.6 is 15.9 Å². The molecule has 1 aliphatic heterocycles. The standard InChI is InChI=1S/C19H26BrN3O4/c1-13-10-15(20)4-5-16(13)21-17(24)11-22(2)12-18(25)23-8-6-14(7-9-23)19(26)27-3/h4-5,10,14H,6-9,11-12H2,1-3H3,(H,21,24). The van der Waals surface area contributed by atoms with Gasteiger partial charge in [-0.3, -0.25) is 19.3 Å². The first-order valence-electron chi connectivity index (χ1n) is 8.90. The Morgan fingerprint density at radius 3 is 2.52 bits per heavy atom. The van der Waals surface area contributed by atoms with Gasteiger partial charge in [0.1, 0.15) is 0 Å². The minimum atomic E-state index is -0.209. The van der Waals surface area contributed by atoms with Crippen LogP contribution in [0.2, 0.25) is 0 Å². The third kappa shape index (κ3) is 6.32. The molecule has 2 amide bonds. The second kappa shape index (κ2) is 9.85. The number of hydrogen-bond donors (Lipinski definition) is 1. The monoisotopic (exact) mass is 439 g/mol. The number of anilines is 1. The van der Waals surface area contributed by atoms with Crippen molar-refractivity contribution in [3.8, 4) is 0 Å². The molecule has 1 aromatic rings. The smallest absolute Gasteiger partial charge is 0.308 e. The molecule has 1 aliphatic rings. The van der Waals surface area contributed by atoms with E-state index in [0.717, 1.165) is 15.7 Å². The Bertz CT molecular complexity index is 702. The van der Waals surface area contributed by atoms with Crippen LogP contribution in [0, 0.1) is 12.8 Å². The van der Waals surface area contributed by atoms with Crippen LogP contribution in [0.25, 0.3) is 0 Å². The Hall–Kier alpha value is -1.93. The van der Waals surface area contributed by atoms with Gasteiger partial charge in [0.15, 0.2) is 0 Å². The van der Waals surface area contributed by atoms with Gasteiger partial charge in [0, 0.05) is 23.2 Å². The highest BCUT2D eigenvalue weighted by atomic mass is 79.9. The predicted molar refractivity (Wildman–Crippen MR) is 106 cm³/mol. The summed E-state index contributed by atoms with van der Waals surface area (Å²) in [5.74, 6) is -0.538. The van der Waals surface area contributed by atoms with Gasteiger partial charge in [0.2, 0.25) is 11.8 Å². The van der Waals surface area contributed by atoms with Crippen LogP contribution in [0.4, 0.5) is 5.69 Å². The first-order chi connectivity index (χ1) is 12.8. The molecule has 1 heterocycles. The number of amides is 2. The van der Waals surface area contributed by atoms with Crippen LogP contribution in [0.15, 0.2) is 22.7 Å². The summed E-state index contributed by atoms with van der Waals surface area (Å²) in [6.45, 7) is 3.29. The van der Waals surface area contributed by atoms with Gasteiger partial charge in [0.25, 0.3) is 0 Å². The van der Waals surface area contributed by atoms with Crippen LogP contribution in [-0.4, -0.2) is 67.9 Å². The summed E-state index contributed by atoms with van der Waals surface area (Å²) in [7, 11) is 3.13. The van der Waals surface area contributed by atoms with Crippen LogP contribution in [0.3, 0.4) is 0 Å². The van der Waals surface area contributed by atoms with Crippen molar-refractivity contribution in [1.82, 2.24) is 9.80 Å². The van der Waals surface area contributed by atoms with Crippen molar-refractivity contribution in [2.75, 3.05) is 45.7 Å². The van der Waals surface area contributed by atoms with Gasteiger partial charge >= 0.3 is 5.97 Å². The van der Waals surface area contributed by atoms with E-state index in [4.69, 9.17) is 4.74 Å². The second-order valence-corrected chi connectivity index (χ2v) is 7.77. The topological polar surface area (TPSA) is 79.0 Å². The molecule has 148 valence electrons. The molecular formula is C19H26BrN3O4. The van der Waals surface area contributed by atoms with Crippen molar-refractivity contribution >= 4 is 39.4 Å². The first kappa shape index (κ1) is 21.4. The summed E-state index contributed by atoms with van der Waals surface area (Å²) in [5.41, 5.74) is 1.72. The number of carbonyl (C=O) groups is 3. The van der Waals surface area contributed by atoms with Crippen LogP contribution in [-0.2, 0) is 19.1 Å². The number of nitrogens with one attached hydrogen (secondary N) is 1. The molecule has 1 fully saturated rings. The quantitative estimate of drug-likeness (QED) is 0.686. The number of aryl methyl sites for hydroxylation is 1. The van der Waals surface area contributed by atoms with Gasteiger partial charge in [-0.2, -0.15) is 0 Å². The first-order valence-corrected chi connectivity index (χ1v) is 9.69. The number of hydrogen-bond acceptors (Lipinski definition) is 5. The highest BCUT2D eigenvalue weighted by molar-refractivity contribution is 9.10. The average molecular weight is 440 g/mol. The molecule has 1 saturated heterocycles. The van der Waals surface area contributed by atoms with E-state index in [2.05, 4.69) is 21.2 Å². The largest absolute Gasteiger partial charge is 0.469 e. The van der Waals surface area contributed by atoms with E-state index in [1.165, 1.54) is 7.11 Å². The Kier molecular flexibility index (Phi) is 7.79. The molecule has 0 radical (unpaired) electrons. The Labute approximate surface area is 168 Å². The van der Waals surface area contributed by atoms with Gasteiger partial charge in [-0.05, 0) is 50.6 Å². The molecule has 0 aromatic heterocycles. The number of piperidine rings is 1. The molecule has 27 heavy (non-hydrogen) atoms. The highest BCUT2D eigenvalue weighted by Crippen LogP contribution is 2.20. The molecule has 1 N–H and O–H groups in total. The fourth-order valence-corrected chi connectivity index (χ4v) is 3.60. The number of nitrogens with zero attached hydrogens (tertiary/aromatic N) is 2. The number of esters is 1. The molecular weight excluding hydrogens is 414 g/mol. The number of likely N-dealkylation sites (N-methyl/N-ethyl adjacent to an activating group) is 1. The molecule has 2 rings (SSSR count). The van der Waals surface area contributed by atoms with E-state index >= 15 is 0 Å². The number of likely N-dealkylation sites (tertiary alicyclic amines) is 1. The average Bonchev–Trinajstić information content (AvgIpc) is 2.63. The molecule has 1 aromatic carbocycles. The van der Waals surface area contributed by atoms with Crippen LogP contribution < -0.4 is 5.32 Å². The van der Waals surface area contributed by atoms with Gasteiger partial charge in [0.05, 0.1) is 26.1 Å². The maximum Gasteiger partial charge on any atom is 0.308 e. The molecule has 0 unspecified atom stereocenters. The van der Waals surface area contributed by atoms with E-state index in [0.29, 0.717) is 25.9 Å². The second-order valence-electron chi connectivity index (χ2n) is 6.86. The van der Waals surface area contributed by atoms with Crippen molar-refractivity contribution in [1.29, 1.82) is 0 Å². The van der Waals surface area contributed by atoms with E-state index in [-0.39, 0.29) is 36.8 Å². The van der Waals surface area contributed by atoms with Crippen molar-refractivity contribution in [3.05, 3.63) is 28.2 Å². The van der Waals surface area contributed by atoms with Crippen LogP contribution in [0.1, 0.15) is 18.4 Å². The maximum atomic E-state index is 12.4. The summed E-state index contributed by atoms with van der Waals surface area (Å²) in [4.78, 5) is 39.6. The van der Waals surface area contributed by atoms with Gasteiger partial charge in [-0.25, -0.2) is 0 Å². The fraction of sp³-hybridized carbons (Fsp3) is 0.526. The van der Waals surface area contributed by atoms with Gasteiger partial charge in [-0.1, -0.05) is 15.9 Å². The maximum absolute atomic E-state index is 12.4. The zero-order valence-electron chi connectivity index (χ0n) is 16.0. The van der Waals surface area contributed by atoms with Crippen molar-refractivity contribution in [2.45, 2.75) is 19.8 Å². The predicted octanol–water partition coefficient (Wildman–Crippen LogP) is 2.04. The molecule has 0 spiro atoms. The van der Waals surface area contributed by atoms with Crippen molar-refractivity contribution < 1.29 is 19.1 Å². The Balaban J connectivity index is 1.78. The number of carbonyl (C=O) groups excluding carboxylic acids is 3. The van der Waals surface area contributed by atoms with Crippen LogP contribution in [0.5, 0.6) is 0 Å². The third-order valence-electron chi connectivity index (χ3n) is 4.66. The molecule has 7 nitrogen and oxygen atoms in total. The summed E-state index contributed by atoms with van der Waals surface area (Å²) in [6, 6.07) is 5.64. The molecule has 8 heteroatoms. The van der Waals surface area contributed by atoms with Gasteiger partial charge in [-0.15, -0.1) is 0 Å². The Morgan fingerprint density at radius 1 is 1.26 bits per heavy atom. The van der Waals surface area contributed by atoms with Gasteiger partial charge < -0.3 is 15.0 Å². The SMILES string of the molecule is COC(=O)C1CCN(C(=O)CN(C)CC(=O)Nc2ccc(Br)cc2C)CC1. The lowest BCUT2D eigenvalue weighted by molar-refractivity contribution is -0.149. The normalized spacial score (nSPS) is 14.9. The number of benzene rings is 1. The van der Waals surface area contributed by atoms with E-state index in [1.807, 2.05) is 25.1 Å². The number of rotatable bonds is 6. The molecule has 0 bridgehead atoms. The number of methoxy groups -OCH3 is 1. The summed E-state index contributed by atoms with van der Waals surface area (Å²) < 4.78 is 5.72. The molecule has 0 saturated carbocycles. The molecule has 0 atom stereocenters. The zero-order chi connectivity index (χ0) is 20.0. The summed E-state index contributed by atoms with van der Waals surface area (Å²) in [5, 5.41) is 2.87. The lowest BCUT2D eigenvalue weighted by Gasteiger charge is -2.31. The number of halogens is 1. The summed E-state index contributed by atoms with van der Waals surface area (Å²) in [6.07, 6.45) is 1.23. The fourth-order valence-electron chi connectivity index (χ4n) is 3.12. The van der Waals surface area contributed by atoms with Crippen molar-refractivity contribution in [3.63, 3.8) is 0 Å². The van der Waals surface area contributed by atoms with E-state index in [9.17, 15) is 14.4 Å². The minimum Gasteiger partial charge on any atom is -0.469 e. The lowest BCUT2D eigenvalue weighted by Crippen LogP contribution is -2.45. The Morgan fingerprint density at radius 2 is 1.93 bits per heavy atom. The highest BCUT2D eigenvalue weighted by Gasteiger charge is 2.28. The lowest BCUT2D eigenvalue weighted by atomic mass is 9.97. The summed E-state index contributed by atoms with van der Waals surface area (Å²) >= 11 is 3.39.